The summed E-state index contributed by atoms with van der Waals surface area (Å²) in [5.74, 6) is 1.11. The Kier molecular flexibility index (Phi) is 3.95. The van der Waals surface area contributed by atoms with Gasteiger partial charge < -0.3 is 9.64 Å². The minimum atomic E-state index is -0.0956. The fourth-order valence-corrected chi connectivity index (χ4v) is 3.21. The molecule has 0 aromatic heterocycles. The lowest BCUT2D eigenvalue weighted by molar-refractivity contribution is 0.104. The first-order valence-corrected chi connectivity index (χ1v) is 7.07. The summed E-state index contributed by atoms with van der Waals surface area (Å²) in [6.45, 7) is 7.28. The van der Waals surface area contributed by atoms with Crippen molar-refractivity contribution in [3.05, 3.63) is 0 Å². The average Bonchev–Trinajstić information content (AvgIpc) is 2.58. The monoisotopic (exact) mass is 239 g/mol. The number of amides is 1. The number of ether oxygens (including phenoxy) is 1. The Hall–Kier alpha value is -0.730. The highest BCUT2D eigenvalue weighted by Crippen LogP contribution is 2.30. The molecule has 0 N–H and O–H groups in total. The molecule has 3 heteroatoms. The van der Waals surface area contributed by atoms with Gasteiger partial charge in [0, 0.05) is 6.54 Å². The van der Waals surface area contributed by atoms with Crippen LogP contribution in [0.1, 0.15) is 52.9 Å². The SMILES string of the molecule is CC(C)[C@H]1OC(=O)N(CC2CCCCC2)[C@@H]1C. The molecular weight excluding hydrogens is 214 g/mol. The number of nitrogens with zero attached hydrogens (tertiary/aromatic N) is 1. The third kappa shape index (κ3) is 2.75. The van der Waals surface area contributed by atoms with Crippen LogP contribution in [0.2, 0.25) is 0 Å². The van der Waals surface area contributed by atoms with Crippen LogP contribution in [0.15, 0.2) is 0 Å². The molecule has 0 radical (unpaired) electrons. The maximum absolute atomic E-state index is 11.9. The summed E-state index contributed by atoms with van der Waals surface area (Å²) in [5, 5.41) is 0. The molecule has 98 valence electrons. The van der Waals surface area contributed by atoms with Crippen LogP contribution in [0, 0.1) is 11.8 Å². The van der Waals surface area contributed by atoms with Crippen LogP contribution in [-0.2, 0) is 4.74 Å². The van der Waals surface area contributed by atoms with Crippen LogP contribution in [-0.4, -0.2) is 29.7 Å². The zero-order chi connectivity index (χ0) is 12.4. The molecule has 2 fully saturated rings. The number of carbonyl (C=O) groups is 1. The largest absolute Gasteiger partial charge is 0.444 e. The van der Waals surface area contributed by atoms with Crippen LogP contribution in [0.25, 0.3) is 0 Å². The first-order chi connectivity index (χ1) is 8.09. The lowest BCUT2D eigenvalue weighted by Crippen LogP contribution is -2.39. The van der Waals surface area contributed by atoms with Crippen molar-refractivity contribution in [2.75, 3.05) is 6.54 Å². The van der Waals surface area contributed by atoms with E-state index in [1.807, 2.05) is 4.90 Å². The molecule has 0 aromatic rings. The van der Waals surface area contributed by atoms with Crippen LogP contribution >= 0.6 is 0 Å². The van der Waals surface area contributed by atoms with E-state index in [1.165, 1.54) is 32.1 Å². The van der Waals surface area contributed by atoms with Crippen LogP contribution in [0.4, 0.5) is 4.79 Å². The minimum Gasteiger partial charge on any atom is -0.444 e. The molecule has 1 aliphatic heterocycles. The van der Waals surface area contributed by atoms with Crippen LogP contribution in [0.5, 0.6) is 0 Å². The van der Waals surface area contributed by atoms with Crippen molar-refractivity contribution in [3.8, 4) is 0 Å². The van der Waals surface area contributed by atoms with Gasteiger partial charge in [0.1, 0.15) is 6.10 Å². The second-order valence-electron chi connectivity index (χ2n) is 5.99. The normalized spacial score (nSPS) is 31.1. The van der Waals surface area contributed by atoms with Gasteiger partial charge in [0.15, 0.2) is 0 Å². The molecule has 0 bridgehead atoms. The van der Waals surface area contributed by atoms with Crippen LogP contribution in [0.3, 0.4) is 0 Å². The summed E-state index contributed by atoms with van der Waals surface area (Å²) >= 11 is 0. The van der Waals surface area contributed by atoms with Crippen molar-refractivity contribution < 1.29 is 9.53 Å². The molecule has 3 nitrogen and oxygen atoms in total. The Morgan fingerprint density at radius 2 is 1.94 bits per heavy atom. The molecule has 2 rings (SSSR count). The molecule has 1 aliphatic carbocycles. The second-order valence-corrected chi connectivity index (χ2v) is 5.99. The van der Waals surface area contributed by atoms with Crippen molar-refractivity contribution in [3.63, 3.8) is 0 Å². The van der Waals surface area contributed by atoms with Gasteiger partial charge in [-0.25, -0.2) is 4.79 Å². The van der Waals surface area contributed by atoms with E-state index >= 15 is 0 Å². The summed E-state index contributed by atoms with van der Waals surface area (Å²) in [6.07, 6.45) is 6.56. The average molecular weight is 239 g/mol. The molecule has 0 aromatic carbocycles. The summed E-state index contributed by atoms with van der Waals surface area (Å²) in [4.78, 5) is 13.8. The zero-order valence-electron chi connectivity index (χ0n) is 11.3. The highest BCUT2D eigenvalue weighted by molar-refractivity contribution is 5.70. The topological polar surface area (TPSA) is 29.5 Å². The van der Waals surface area contributed by atoms with E-state index in [0.717, 1.165) is 6.54 Å². The summed E-state index contributed by atoms with van der Waals surface area (Å²) in [5.41, 5.74) is 0. The van der Waals surface area contributed by atoms with Gasteiger partial charge in [0.25, 0.3) is 0 Å². The lowest BCUT2D eigenvalue weighted by atomic mass is 9.88. The maximum Gasteiger partial charge on any atom is 0.410 e. The Labute approximate surface area is 105 Å². The van der Waals surface area contributed by atoms with Gasteiger partial charge in [-0.2, -0.15) is 0 Å². The standard InChI is InChI=1S/C14H25NO2/c1-10(2)13-11(3)15(14(16)17-13)9-12-7-5-4-6-8-12/h10-13H,4-9H2,1-3H3/t11-,13-/m1/s1. The highest BCUT2D eigenvalue weighted by Gasteiger charge is 2.40. The van der Waals surface area contributed by atoms with E-state index in [1.54, 1.807) is 0 Å². The van der Waals surface area contributed by atoms with Gasteiger partial charge in [-0.1, -0.05) is 33.1 Å². The molecule has 2 atom stereocenters. The van der Waals surface area contributed by atoms with E-state index in [9.17, 15) is 4.79 Å². The van der Waals surface area contributed by atoms with E-state index in [2.05, 4.69) is 20.8 Å². The Balaban J connectivity index is 1.93. The van der Waals surface area contributed by atoms with Crippen molar-refractivity contribution in [1.29, 1.82) is 0 Å². The van der Waals surface area contributed by atoms with Crippen molar-refractivity contribution in [2.45, 2.75) is 65.0 Å². The maximum atomic E-state index is 11.9. The second kappa shape index (κ2) is 5.28. The molecule has 0 unspecified atom stereocenters. The van der Waals surface area contributed by atoms with E-state index in [-0.39, 0.29) is 18.2 Å². The highest BCUT2D eigenvalue weighted by atomic mass is 16.6. The third-order valence-electron chi connectivity index (χ3n) is 4.28. The van der Waals surface area contributed by atoms with Gasteiger partial charge >= 0.3 is 6.09 Å². The number of rotatable bonds is 3. The summed E-state index contributed by atoms with van der Waals surface area (Å²) in [6, 6.07) is 0.240. The summed E-state index contributed by atoms with van der Waals surface area (Å²) in [7, 11) is 0. The number of cyclic esters (lactones) is 1. The molecule has 2 aliphatic rings. The first kappa shape index (κ1) is 12.7. The van der Waals surface area contributed by atoms with Crippen molar-refractivity contribution in [1.82, 2.24) is 4.90 Å². The van der Waals surface area contributed by atoms with Crippen molar-refractivity contribution >= 4 is 6.09 Å². The minimum absolute atomic E-state index is 0.0751. The summed E-state index contributed by atoms with van der Waals surface area (Å²) < 4.78 is 5.48. The third-order valence-corrected chi connectivity index (χ3v) is 4.28. The van der Waals surface area contributed by atoms with Gasteiger partial charge in [-0.15, -0.1) is 0 Å². The predicted octanol–water partition coefficient (Wildman–Crippen LogP) is 3.43. The molecule has 1 heterocycles. The van der Waals surface area contributed by atoms with E-state index in [4.69, 9.17) is 4.74 Å². The smallest absolute Gasteiger partial charge is 0.410 e. The van der Waals surface area contributed by atoms with Gasteiger partial charge in [0.2, 0.25) is 0 Å². The Morgan fingerprint density at radius 3 is 2.47 bits per heavy atom. The van der Waals surface area contributed by atoms with Crippen LogP contribution < -0.4 is 0 Å². The molecule has 1 saturated carbocycles. The zero-order valence-corrected chi connectivity index (χ0v) is 11.3. The molecule has 17 heavy (non-hydrogen) atoms. The van der Waals surface area contributed by atoms with E-state index < -0.39 is 0 Å². The van der Waals surface area contributed by atoms with Crippen molar-refractivity contribution in [2.24, 2.45) is 11.8 Å². The molecule has 1 saturated heterocycles. The molecular formula is C14H25NO2. The first-order valence-electron chi connectivity index (χ1n) is 7.07. The Bertz CT molecular complexity index is 271. The van der Waals surface area contributed by atoms with Gasteiger partial charge in [-0.05, 0) is 31.6 Å². The Morgan fingerprint density at radius 1 is 1.29 bits per heavy atom. The quantitative estimate of drug-likeness (QED) is 0.755. The van der Waals surface area contributed by atoms with Gasteiger partial charge in [-0.3, -0.25) is 0 Å². The lowest BCUT2D eigenvalue weighted by Gasteiger charge is -2.28. The molecule has 0 spiro atoms. The number of carbonyl (C=O) groups excluding carboxylic acids is 1. The van der Waals surface area contributed by atoms with E-state index in [0.29, 0.717) is 11.8 Å². The number of hydrogen-bond donors (Lipinski definition) is 0. The predicted molar refractivity (Wildman–Crippen MR) is 67.9 cm³/mol. The number of hydrogen-bond acceptors (Lipinski definition) is 2. The fraction of sp³-hybridized carbons (Fsp3) is 0.929. The molecule has 1 amide bonds. The fourth-order valence-electron chi connectivity index (χ4n) is 3.21. The van der Waals surface area contributed by atoms with Gasteiger partial charge in [0.05, 0.1) is 6.04 Å².